The van der Waals surface area contributed by atoms with E-state index in [1.54, 1.807) is 6.07 Å². The summed E-state index contributed by atoms with van der Waals surface area (Å²) in [5.41, 5.74) is 0. The van der Waals surface area contributed by atoms with Crippen molar-refractivity contribution in [3.05, 3.63) is 22.4 Å². The van der Waals surface area contributed by atoms with E-state index >= 15 is 0 Å². The summed E-state index contributed by atoms with van der Waals surface area (Å²) in [5.74, 6) is -0.0384. The Morgan fingerprint density at radius 2 is 2.46 bits per heavy atom. The summed E-state index contributed by atoms with van der Waals surface area (Å²) in [4.78, 5) is 22.7. The zero-order valence-electron chi connectivity index (χ0n) is 7.53. The first-order chi connectivity index (χ1) is 6.27. The maximum absolute atomic E-state index is 11.5. The minimum absolute atomic E-state index is 0.0777. The predicted molar refractivity (Wildman–Crippen MR) is 53.1 cm³/mol. The lowest BCUT2D eigenvalue weighted by Crippen LogP contribution is -2.07. The summed E-state index contributed by atoms with van der Waals surface area (Å²) in [5, 5.41) is 1.87. The fourth-order valence-electron chi connectivity index (χ4n) is 1.06. The highest BCUT2D eigenvalue weighted by molar-refractivity contribution is 7.12. The molecule has 1 atom stereocenters. The molecule has 0 saturated heterocycles. The number of hydrogen-bond acceptors (Lipinski definition) is 3. The molecule has 0 aliphatic carbocycles. The predicted octanol–water partition coefficient (Wildman–Crippen LogP) is 2.55. The lowest BCUT2D eigenvalue weighted by molar-refractivity contribution is -0.111. The highest BCUT2D eigenvalue weighted by Crippen LogP contribution is 2.15. The topological polar surface area (TPSA) is 34.1 Å². The van der Waals surface area contributed by atoms with Gasteiger partial charge in [-0.1, -0.05) is 13.0 Å². The highest BCUT2D eigenvalue weighted by Gasteiger charge is 2.13. The minimum atomic E-state index is -0.116. The van der Waals surface area contributed by atoms with Crippen molar-refractivity contribution >= 4 is 23.4 Å². The van der Waals surface area contributed by atoms with Crippen LogP contribution in [0.3, 0.4) is 0 Å². The summed E-state index contributed by atoms with van der Waals surface area (Å²) < 4.78 is 0. The molecule has 0 bridgehead atoms. The van der Waals surface area contributed by atoms with Crippen LogP contribution in [0.1, 0.15) is 29.4 Å². The number of hydrogen-bond donors (Lipinski definition) is 0. The first-order valence-electron chi connectivity index (χ1n) is 4.30. The highest BCUT2D eigenvalue weighted by atomic mass is 32.1. The summed E-state index contributed by atoms with van der Waals surface area (Å²) in [6, 6.07) is 3.64. The summed E-state index contributed by atoms with van der Waals surface area (Å²) in [6.07, 6.45) is 1.95. The van der Waals surface area contributed by atoms with Gasteiger partial charge in [-0.15, -0.1) is 11.3 Å². The van der Waals surface area contributed by atoms with Crippen LogP contribution in [0.4, 0.5) is 0 Å². The Kier molecular flexibility index (Phi) is 3.83. The van der Waals surface area contributed by atoms with Crippen LogP contribution >= 0.6 is 11.3 Å². The number of ketones is 1. The van der Waals surface area contributed by atoms with Gasteiger partial charge in [0.15, 0.2) is 5.78 Å². The number of carbonyl (C=O) groups is 2. The van der Waals surface area contributed by atoms with Crippen LogP contribution in [0.2, 0.25) is 0 Å². The molecule has 0 amide bonds. The van der Waals surface area contributed by atoms with Gasteiger partial charge in [-0.25, -0.2) is 0 Å². The Morgan fingerprint density at radius 3 is 2.92 bits per heavy atom. The quantitative estimate of drug-likeness (QED) is 0.535. The Morgan fingerprint density at radius 1 is 1.69 bits per heavy atom. The second-order valence-corrected chi connectivity index (χ2v) is 3.86. The average molecular weight is 196 g/mol. The van der Waals surface area contributed by atoms with E-state index in [-0.39, 0.29) is 11.7 Å². The maximum Gasteiger partial charge on any atom is 0.173 e. The molecule has 1 rings (SSSR count). The molecule has 0 radical (unpaired) electrons. The summed E-state index contributed by atoms with van der Waals surface area (Å²) in [7, 11) is 0. The van der Waals surface area contributed by atoms with Crippen LogP contribution < -0.4 is 0 Å². The van der Waals surface area contributed by atoms with Crippen molar-refractivity contribution in [3.8, 4) is 0 Å². The molecule has 0 fully saturated rings. The van der Waals surface area contributed by atoms with Crippen LogP contribution in [-0.2, 0) is 4.79 Å². The Labute approximate surface area is 81.6 Å². The lowest BCUT2D eigenvalue weighted by Gasteiger charge is -2.03. The summed E-state index contributed by atoms with van der Waals surface area (Å²) >= 11 is 1.43. The third-order valence-corrected chi connectivity index (χ3v) is 2.87. The molecule has 1 heterocycles. The van der Waals surface area contributed by atoms with E-state index in [1.165, 1.54) is 11.3 Å². The van der Waals surface area contributed by atoms with Gasteiger partial charge in [-0.05, 0) is 17.9 Å². The van der Waals surface area contributed by atoms with E-state index in [0.717, 1.165) is 17.6 Å². The zero-order valence-corrected chi connectivity index (χ0v) is 8.34. The van der Waals surface area contributed by atoms with Crippen LogP contribution in [0, 0.1) is 5.92 Å². The number of Topliss-reactive ketones (excluding diaryl/α,β-unsaturated/α-hetero) is 1. The largest absolute Gasteiger partial charge is 0.303 e. The van der Waals surface area contributed by atoms with E-state index in [1.807, 2.05) is 18.4 Å². The summed E-state index contributed by atoms with van der Waals surface area (Å²) in [6.45, 7) is 1.92. The first-order valence-corrected chi connectivity index (χ1v) is 5.18. The van der Waals surface area contributed by atoms with Gasteiger partial charge < -0.3 is 4.79 Å². The van der Waals surface area contributed by atoms with Crippen molar-refractivity contribution < 1.29 is 9.59 Å². The third kappa shape index (κ3) is 2.77. The second kappa shape index (κ2) is 4.92. The molecular formula is C10H12O2S. The molecule has 13 heavy (non-hydrogen) atoms. The lowest BCUT2D eigenvalue weighted by atomic mass is 10.0. The minimum Gasteiger partial charge on any atom is -0.303 e. The molecule has 0 unspecified atom stereocenters. The molecule has 0 aromatic carbocycles. The van der Waals surface area contributed by atoms with Gasteiger partial charge in [0.05, 0.1) is 4.88 Å². The van der Waals surface area contributed by atoms with E-state index in [2.05, 4.69) is 0 Å². The van der Waals surface area contributed by atoms with Crippen molar-refractivity contribution in [2.24, 2.45) is 5.92 Å². The maximum atomic E-state index is 11.5. The van der Waals surface area contributed by atoms with Crippen molar-refractivity contribution in [2.45, 2.75) is 19.8 Å². The fraction of sp³-hybridized carbons (Fsp3) is 0.400. The molecule has 0 saturated carbocycles. The monoisotopic (exact) mass is 196 g/mol. The third-order valence-electron chi connectivity index (χ3n) is 1.96. The molecule has 3 heteroatoms. The van der Waals surface area contributed by atoms with E-state index in [9.17, 15) is 9.59 Å². The first kappa shape index (κ1) is 10.1. The Hall–Kier alpha value is -0.960. The van der Waals surface area contributed by atoms with Gasteiger partial charge >= 0.3 is 0 Å². The van der Waals surface area contributed by atoms with Crippen LogP contribution in [0.25, 0.3) is 0 Å². The molecule has 2 nitrogen and oxygen atoms in total. The molecule has 70 valence electrons. The van der Waals surface area contributed by atoms with Crippen molar-refractivity contribution in [1.29, 1.82) is 0 Å². The molecule has 0 aliphatic heterocycles. The van der Waals surface area contributed by atoms with Gasteiger partial charge in [0, 0.05) is 12.3 Å². The number of aldehydes is 1. The molecule has 1 aromatic heterocycles. The van der Waals surface area contributed by atoms with E-state index in [0.29, 0.717) is 6.42 Å². The van der Waals surface area contributed by atoms with E-state index in [4.69, 9.17) is 0 Å². The van der Waals surface area contributed by atoms with E-state index < -0.39 is 0 Å². The SMILES string of the molecule is CC[C@@H](C=O)CC(=O)c1cccs1. The van der Waals surface area contributed by atoms with Gasteiger partial charge in [-0.2, -0.15) is 0 Å². The van der Waals surface area contributed by atoms with Gasteiger partial charge in [0.25, 0.3) is 0 Å². The standard InChI is InChI=1S/C10H12O2S/c1-2-8(7-11)6-9(12)10-4-3-5-13-10/h3-5,7-8H,2,6H2,1H3/t8-/m1/s1. The van der Waals surface area contributed by atoms with Crippen molar-refractivity contribution in [3.63, 3.8) is 0 Å². The average Bonchev–Trinajstić information content (AvgIpc) is 2.66. The normalized spacial score (nSPS) is 12.4. The molecule has 0 spiro atoms. The number of thiophene rings is 1. The second-order valence-electron chi connectivity index (χ2n) is 2.91. The number of rotatable bonds is 5. The van der Waals surface area contributed by atoms with Gasteiger partial charge in [0.2, 0.25) is 0 Å². The molecule has 0 N–H and O–H groups in total. The Balaban J connectivity index is 2.55. The van der Waals surface area contributed by atoms with Crippen molar-refractivity contribution in [1.82, 2.24) is 0 Å². The zero-order chi connectivity index (χ0) is 9.68. The Bertz CT molecular complexity index is 277. The van der Waals surface area contributed by atoms with Crippen molar-refractivity contribution in [2.75, 3.05) is 0 Å². The van der Waals surface area contributed by atoms with Gasteiger partial charge in [-0.3, -0.25) is 4.79 Å². The fourth-order valence-corrected chi connectivity index (χ4v) is 1.74. The molecular weight excluding hydrogens is 184 g/mol. The van der Waals surface area contributed by atoms with Gasteiger partial charge in [0.1, 0.15) is 6.29 Å². The molecule has 1 aromatic rings. The molecule has 0 aliphatic rings. The van der Waals surface area contributed by atoms with Crippen LogP contribution in [0.5, 0.6) is 0 Å². The smallest absolute Gasteiger partial charge is 0.173 e. The number of carbonyl (C=O) groups excluding carboxylic acids is 2. The van der Waals surface area contributed by atoms with Crippen LogP contribution in [0.15, 0.2) is 17.5 Å². The van der Waals surface area contributed by atoms with Crippen LogP contribution in [-0.4, -0.2) is 12.1 Å².